The molecule has 4 aliphatic rings. The topological polar surface area (TPSA) is 46.5 Å². The third-order valence-electron chi connectivity index (χ3n) is 11.5. The SMILES string of the molecule is CC(C)(C1CCCCC1)C1CCC(OC(=O)C2CC(C(C)(C)C3CCCCC3)CCC2O)CC1. The summed E-state index contributed by atoms with van der Waals surface area (Å²) in [6.07, 6.45) is 20.3. The second kappa shape index (κ2) is 11.2. The Hall–Kier alpha value is -0.570. The molecule has 4 saturated carbocycles. The van der Waals surface area contributed by atoms with Crippen LogP contribution < -0.4 is 0 Å². The quantitative estimate of drug-likeness (QED) is 0.396. The number of carbonyl (C=O) groups excluding carboxylic acids is 1. The van der Waals surface area contributed by atoms with Gasteiger partial charge in [-0.2, -0.15) is 0 Å². The van der Waals surface area contributed by atoms with E-state index in [4.69, 9.17) is 4.74 Å². The zero-order valence-corrected chi connectivity index (χ0v) is 22.8. The molecule has 0 aliphatic heterocycles. The second-order valence-electron chi connectivity index (χ2n) is 13.9. The van der Waals surface area contributed by atoms with Crippen molar-refractivity contribution in [3.05, 3.63) is 0 Å². The summed E-state index contributed by atoms with van der Waals surface area (Å²) in [5.41, 5.74) is 0.661. The van der Waals surface area contributed by atoms with Gasteiger partial charge < -0.3 is 9.84 Å². The highest BCUT2D eigenvalue weighted by Gasteiger charge is 2.45. The number of hydrogen-bond donors (Lipinski definition) is 1. The van der Waals surface area contributed by atoms with Crippen molar-refractivity contribution in [1.29, 1.82) is 0 Å². The molecule has 0 radical (unpaired) electrons. The van der Waals surface area contributed by atoms with Crippen molar-refractivity contribution in [3.8, 4) is 0 Å². The molecule has 4 fully saturated rings. The Morgan fingerprint density at radius 1 is 0.618 bits per heavy atom. The Kier molecular flexibility index (Phi) is 8.74. The summed E-state index contributed by atoms with van der Waals surface area (Å²) < 4.78 is 6.12. The van der Waals surface area contributed by atoms with E-state index in [9.17, 15) is 9.90 Å². The van der Waals surface area contributed by atoms with Gasteiger partial charge in [-0.05, 0) is 105 Å². The Bertz CT molecular complexity index is 648. The van der Waals surface area contributed by atoms with Gasteiger partial charge in [-0.15, -0.1) is 0 Å². The van der Waals surface area contributed by atoms with E-state index in [0.29, 0.717) is 11.3 Å². The van der Waals surface area contributed by atoms with E-state index >= 15 is 0 Å². The van der Waals surface area contributed by atoms with Crippen LogP contribution in [0.2, 0.25) is 0 Å². The lowest BCUT2D eigenvalue weighted by Gasteiger charge is -2.47. The minimum Gasteiger partial charge on any atom is -0.462 e. The van der Waals surface area contributed by atoms with E-state index in [-0.39, 0.29) is 23.4 Å². The first-order valence-corrected chi connectivity index (χ1v) is 15.1. The lowest BCUT2D eigenvalue weighted by molar-refractivity contribution is -0.165. The standard InChI is InChI=1S/C31H54O3/c1-30(2,22-11-7-5-8-12-22)24-15-18-26(19-16-24)34-29(33)27-21-25(17-20-28(27)32)31(3,4)23-13-9-6-10-14-23/h22-28,32H,5-21H2,1-4H3. The van der Waals surface area contributed by atoms with E-state index in [1.54, 1.807) is 0 Å². The third kappa shape index (κ3) is 5.87. The number of esters is 1. The van der Waals surface area contributed by atoms with Crippen LogP contribution in [0.5, 0.6) is 0 Å². The van der Waals surface area contributed by atoms with Crippen LogP contribution >= 0.6 is 0 Å². The highest BCUT2D eigenvalue weighted by Crippen LogP contribution is 2.51. The predicted octanol–water partition coefficient (Wildman–Crippen LogP) is 8.08. The summed E-state index contributed by atoms with van der Waals surface area (Å²) in [6.45, 7) is 9.88. The lowest BCUT2D eigenvalue weighted by Crippen LogP contribution is -2.44. The first-order valence-electron chi connectivity index (χ1n) is 15.1. The fraction of sp³-hybridized carbons (Fsp3) is 0.968. The van der Waals surface area contributed by atoms with Gasteiger partial charge in [-0.3, -0.25) is 4.79 Å². The molecule has 0 spiro atoms. The van der Waals surface area contributed by atoms with Gasteiger partial charge in [0.2, 0.25) is 0 Å². The van der Waals surface area contributed by atoms with Crippen LogP contribution in [0, 0.1) is 40.4 Å². The molecule has 196 valence electrons. The molecule has 0 heterocycles. The average molecular weight is 475 g/mol. The van der Waals surface area contributed by atoms with E-state index in [2.05, 4.69) is 27.7 Å². The number of aliphatic hydroxyl groups excluding tert-OH is 1. The minimum atomic E-state index is -0.521. The maximum Gasteiger partial charge on any atom is 0.311 e. The summed E-state index contributed by atoms with van der Waals surface area (Å²) >= 11 is 0. The Labute approximate surface area is 210 Å². The number of aliphatic hydroxyl groups is 1. The normalized spacial score (nSPS) is 35.1. The number of ether oxygens (including phenoxy) is 1. The number of rotatable bonds is 6. The first kappa shape index (κ1) is 26.5. The van der Waals surface area contributed by atoms with E-state index in [1.807, 2.05) is 0 Å². The molecule has 3 nitrogen and oxygen atoms in total. The van der Waals surface area contributed by atoms with Crippen LogP contribution in [0.4, 0.5) is 0 Å². The van der Waals surface area contributed by atoms with Crippen LogP contribution in [-0.2, 0) is 9.53 Å². The van der Waals surface area contributed by atoms with Crippen molar-refractivity contribution in [2.45, 2.75) is 149 Å². The van der Waals surface area contributed by atoms with Crippen molar-refractivity contribution >= 4 is 5.97 Å². The molecular weight excluding hydrogens is 420 g/mol. The number of hydrogen-bond acceptors (Lipinski definition) is 3. The van der Waals surface area contributed by atoms with Gasteiger partial charge in [-0.25, -0.2) is 0 Å². The molecule has 1 N–H and O–H groups in total. The molecule has 3 unspecified atom stereocenters. The molecule has 4 aliphatic carbocycles. The molecule has 0 amide bonds. The van der Waals surface area contributed by atoms with Gasteiger partial charge >= 0.3 is 5.97 Å². The molecule has 34 heavy (non-hydrogen) atoms. The summed E-state index contributed by atoms with van der Waals surface area (Å²) in [5, 5.41) is 10.8. The van der Waals surface area contributed by atoms with Crippen LogP contribution in [-0.4, -0.2) is 23.3 Å². The maximum atomic E-state index is 13.3. The fourth-order valence-corrected chi connectivity index (χ4v) is 8.62. The largest absolute Gasteiger partial charge is 0.462 e. The fourth-order valence-electron chi connectivity index (χ4n) is 8.62. The van der Waals surface area contributed by atoms with Gasteiger partial charge in [-0.1, -0.05) is 66.2 Å². The van der Waals surface area contributed by atoms with Crippen molar-refractivity contribution in [2.24, 2.45) is 40.4 Å². The number of carbonyl (C=O) groups is 1. The Morgan fingerprint density at radius 2 is 1.06 bits per heavy atom. The first-order chi connectivity index (χ1) is 16.2. The predicted molar refractivity (Wildman–Crippen MR) is 139 cm³/mol. The Balaban J connectivity index is 1.29. The highest BCUT2D eigenvalue weighted by molar-refractivity contribution is 5.73. The monoisotopic (exact) mass is 474 g/mol. The molecule has 0 aromatic heterocycles. The molecule has 0 aromatic carbocycles. The van der Waals surface area contributed by atoms with Crippen LogP contribution in [0.1, 0.15) is 137 Å². The molecule has 3 atom stereocenters. The van der Waals surface area contributed by atoms with Crippen molar-refractivity contribution in [1.82, 2.24) is 0 Å². The van der Waals surface area contributed by atoms with Crippen molar-refractivity contribution in [3.63, 3.8) is 0 Å². The lowest BCUT2D eigenvalue weighted by atomic mass is 9.59. The highest BCUT2D eigenvalue weighted by atomic mass is 16.5. The van der Waals surface area contributed by atoms with Crippen molar-refractivity contribution in [2.75, 3.05) is 0 Å². The summed E-state index contributed by atoms with van der Waals surface area (Å²) in [6, 6.07) is 0. The maximum absolute atomic E-state index is 13.3. The zero-order chi connectivity index (χ0) is 24.3. The molecule has 3 heteroatoms. The molecule has 4 rings (SSSR count). The molecule has 0 bridgehead atoms. The minimum absolute atomic E-state index is 0.0600. The summed E-state index contributed by atoms with van der Waals surface area (Å²) in [5.74, 6) is 2.48. The zero-order valence-electron chi connectivity index (χ0n) is 22.8. The van der Waals surface area contributed by atoms with Gasteiger partial charge in [0, 0.05) is 0 Å². The summed E-state index contributed by atoms with van der Waals surface area (Å²) in [4.78, 5) is 13.3. The van der Waals surface area contributed by atoms with Crippen molar-refractivity contribution < 1.29 is 14.6 Å². The van der Waals surface area contributed by atoms with Gasteiger partial charge in [0.1, 0.15) is 6.10 Å². The average Bonchev–Trinajstić information content (AvgIpc) is 2.85. The van der Waals surface area contributed by atoms with E-state index in [0.717, 1.165) is 49.9 Å². The van der Waals surface area contributed by atoms with E-state index < -0.39 is 6.10 Å². The van der Waals surface area contributed by atoms with Gasteiger partial charge in [0.05, 0.1) is 12.0 Å². The van der Waals surface area contributed by atoms with Crippen LogP contribution in [0.25, 0.3) is 0 Å². The van der Waals surface area contributed by atoms with Gasteiger partial charge in [0.25, 0.3) is 0 Å². The van der Waals surface area contributed by atoms with Crippen LogP contribution in [0.3, 0.4) is 0 Å². The molecular formula is C31H54O3. The third-order valence-corrected chi connectivity index (χ3v) is 11.5. The molecule has 0 saturated heterocycles. The molecule has 0 aromatic rings. The second-order valence-corrected chi connectivity index (χ2v) is 13.9. The smallest absolute Gasteiger partial charge is 0.311 e. The Morgan fingerprint density at radius 3 is 1.59 bits per heavy atom. The van der Waals surface area contributed by atoms with Crippen LogP contribution in [0.15, 0.2) is 0 Å². The summed E-state index contributed by atoms with van der Waals surface area (Å²) in [7, 11) is 0. The van der Waals surface area contributed by atoms with Gasteiger partial charge in [0.15, 0.2) is 0 Å². The van der Waals surface area contributed by atoms with E-state index in [1.165, 1.54) is 77.0 Å².